The lowest BCUT2D eigenvalue weighted by molar-refractivity contribution is -0.120. The minimum absolute atomic E-state index is 0.000883. The Morgan fingerprint density at radius 1 is 1.16 bits per heavy atom. The summed E-state index contributed by atoms with van der Waals surface area (Å²) in [6.07, 6.45) is 1.38. The van der Waals surface area contributed by atoms with E-state index in [9.17, 15) is 13.2 Å². The molecule has 0 saturated heterocycles. The van der Waals surface area contributed by atoms with Crippen LogP contribution in [0.1, 0.15) is 11.1 Å². The number of benzene rings is 2. The number of methoxy groups -OCH3 is 1. The Morgan fingerprint density at radius 3 is 2.65 bits per heavy atom. The highest BCUT2D eigenvalue weighted by Gasteiger charge is 2.24. The molecule has 3 rings (SSSR count). The Balaban J connectivity index is 1.69. The Morgan fingerprint density at radius 2 is 1.94 bits per heavy atom. The Bertz CT molecular complexity index is 1230. The van der Waals surface area contributed by atoms with Crippen LogP contribution in [0.2, 0.25) is 8.67 Å². The third kappa shape index (κ3) is 6.20. The van der Waals surface area contributed by atoms with Crippen LogP contribution in [0.25, 0.3) is 0 Å². The van der Waals surface area contributed by atoms with Crippen molar-refractivity contribution >= 4 is 56.8 Å². The largest absolute Gasteiger partial charge is 0.497 e. The van der Waals surface area contributed by atoms with Gasteiger partial charge in [-0.05, 0) is 35.9 Å². The molecule has 162 valence electrons. The molecule has 1 heterocycles. The lowest BCUT2D eigenvalue weighted by Gasteiger charge is -2.08. The Hall–Kier alpha value is -2.59. The molecule has 0 saturated carbocycles. The first kappa shape index (κ1) is 23.1. The van der Waals surface area contributed by atoms with E-state index in [2.05, 4.69) is 10.5 Å². The van der Waals surface area contributed by atoms with E-state index in [1.165, 1.54) is 18.3 Å². The van der Waals surface area contributed by atoms with Gasteiger partial charge in [-0.25, -0.2) is 5.43 Å². The van der Waals surface area contributed by atoms with Gasteiger partial charge in [-0.15, -0.1) is 11.3 Å². The zero-order chi connectivity index (χ0) is 22.4. The lowest BCUT2D eigenvalue weighted by Crippen LogP contribution is -2.19. The van der Waals surface area contributed by atoms with Gasteiger partial charge in [0, 0.05) is 5.56 Å². The standard InChI is InChI=1S/C20H16Cl2N2O5S2/c1-28-15-7-4-5-13(9-15)10-19(25)24-23-12-14-6-2-3-8-16(14)29-31(26,27)17-11-18(21)30-20(17)22/h2-9,11-12H,10H2,1H3,(H,24,25)/b23-12+. The molecule has 2 aromatic carbocycles. The van der Waals surface area contributed by atoms with Crippen molar-refractivity contribution < 1.29 is 22.1 Å². The molecule has 0 aliphatic heterocycles. The molecule has 0 radical (unpaired) electrons. The molecule has 0 fully saturated rings. The molecule has 31 heavy (non-hydrogen) atoms. The van der Waals surface area contributed by atoms with Crippen molar-refractivity contribution in [2.24, 2.45) is 5.10 Å². The number of nitrogens with one attached hydrogen (secondary N) is 1. The number of carbonyl (C=O) groups is 1. The molecule has 1 N–H and O–H groups in total. The van der Waals surface area contributed by atoms with Crippen molar-refractivity contribution in [3.05, 3.63) is 74.4 Å². The van der Waals surface area contributed by atoms with E-state index in [0.717, 1.165) is 16.9 Å². The number of hydrazone groups is 1. The van der Waals surface area contributed by atoms with Crippen LogP contribution in [0.3, 0.4) is 0 Å². The number of halogens is 2. The molecular formula is C20H16Cl2N2O5S2. The second-order valence-corrected chi connectivity index (χ2v) is 9.89. The topological polar surface area (TPSA) is 94.1 Å². The maximum atomic E-state index is 12.5. The molecule has 0 aliphatic rings. The van der Waals surface area contributed by atoms with Crippen molar-refractivity contribution in [1.29, 1.82) is 0 Å². The Labute approximate surface area is 193 Å². The van der Waals surface area contributed by atoms with Crippen LogP contribution in [-0.4, -0.2) is 27.6 Å². The van der Waals surface area contributed by atoms with E-state index in [0.29, 0.717) is 11.3 Å². The number of ether oxygens (including phenoxy) is 1. The molecular weight excluding hydrogens is 483 g/mol. The number of thiophene rings is 1. The minimum Gasteiger partial charge on any atom is -0.497 e. The van der Waals surface area contributed by atoms with Gasteiger partial charge in [-0.1, -0.05) is 47.5 Å². The number of para-hydroxylation sites is 1. The van der Waals surface area contributed by atoms with Crippen LogP contribution in [0.5, 0.6) is 11.5 Å². The van der Waals surface area contributed by atoms with Crippen molar-refractivity contribution in [3.63, 3.8) is 0 Å². The van der Waals surface area contributed by atoms with Crippen molar-refractivity contribution in [2.75, 3.05) is 7.11 Å². The van der Waals surface area contributed by atoms with Gasteiger partial charge < -0.3 is 8.92 Å². The summed E-state index contributed by atoms with van der Waals surface area (Å²) in [5.74, 6) is 0.315. The van der Waals surface area contributed by atoms with E-state index in [1.807, 2.05) is 0 Å². The molecule has 1 aromatic heterocycles. The van der Waals surface area contributed by atoms with E-state index in [-0.39, 0.29) is 31.6 Å². The van der Waals surface area contributed by atoms with E-state index < -0.39 is 10.1 Å². The maximum Gasteiger partial charge on any atom is 0.341 e. The van der Waals surface area contributed by atoms with Crippen molar-refractivity contribution in [1.82, 2.24) is 5.43 Å². The molecule has 0 unspecified atom stereocenters. The van der Waals surface area contributed by atoms with Crippen LogP contribution in [0, 0.1) is 0 Å². The van der Waals surface area contributed by atoms with Gasteiger partial charge in [0.15, 0.2) is 5.75 Å². The van der Waals surface area contributed by atoms with Gasteiger partial charge in [-0.3, -0.25) is 4.79 Å². The molecule has 1 amide bonds. The van der Waals surface area contributed by atoms with Crippen molar-refractivity contribution in [3.8, 4) is 11.5 Å². The smallest absolute Gasteiger partial charge is 0.341 e. The fourth-order valence-electron chi connectivity index (χ4n) is 2.50. The second-order valence-electron chi connectivity index (χ2n) is 6.09. The summed E-state index contributed by atoms with van der Waals surface area (Å²) < 4.78 is 35.6. The number of nitrogens with zero attached hydrogens (tertiary/aromatic N) is 1. The third-order valence-corrected chi connectivity index (χ3v) is 6.89. The monoisotopic (exact) mass is 498 g/mol. The molecule has 0 atom stereocenters. The first-order valence-electron chi connectivity index (χ1n) is 8.71. The third-order valence-electron chi connectivity index (χ3n) is 3.90. The van der Waals surface area contributed by atoms with Gasteiger partial charge in [0.2, 0.25) is 5.91 Å². The first-order valence-corrected chi connectivity index (χ1v) is 11.7. The van der Waals surface area contributed by atoms with E-state index in [4.69, 9.17) is 32.1 Å². The first-order chi connectivity index (χ1) is 14.8. The molecule has 0 aliphatic carbocycles. The zero-order valence-electron chi connectivity index (χ0n) is 16.0. The van der Waals surface area contributed by atoms with Gasteiger partial charge in [0.25, 0.3) is 0 Å². The molecule has 0 spiro atoms. The van der Waals surface area contributed by atoms with E-state index >= 15 is 0 Å². The van der Waals surface area contributed by atoms with Crippen LogP contribution < -0.4 is 14.3 Å². The molecule has 7 nitrogen and oxygen atoms in total. The van der Waals surface area contributed by atoms with Gasteiger partial charge in [-0.2, -0.15) is 13.5 Å². The summed E-state index contributed by atoms with van der Waals surface area (Å²) >= 11 is 12.7. The highest BCUT2D eigenvalue weighted by Crippen LogP contribution is 2.35. The quantitative estimate of drug-likeness (QED) is 0.279. The molecule has 11 heteroatoms. The van der Waals surface area contributed by atoms with Crippen LogP contribution in [-0.2, 0) is 21.3 Å². The number of hydrogen-bond donors (Lipinski definition) is 1. The minimum atomic E-state index is -4.20. The molecule has 3 aromatic rings. The maximum absolute atomic E-state index is 12.5. The normalized spacial score (nSPS) is 11.5. The van der Waals surface area contributed by atoms with Gasteiger partial charge >= 0.3 is 10.1 Å². The van der Waals surface area contributed by atoms with Gasteiger partial charge in [0.1, 0.15) is 15.0 Å². The summed E-state index contributed by atoms with van der Waals surface area (Å²) in [6, 6.07) is 14.6. The van der Waals surface area contributed by atoms with E-state index in [1.54, 1.807) is 49.6 Å². The average Bonchev–Trinajstić information content (AvgIpc) is 3.08. The summed E-state index contributed by atoms with van der Waals surface area (Å²) in [4.78, 5) is 11.9. The summed E-state index contributed by atoms with van der Waals surface area (Å²) in [5, 5.41) is 3.89. The van der Waals surface area contributed by atoms with Crippen LogP contribution in [0.4, 0.5) is 0 Å². The zero-order valence-corrected chi connectivity index (χ0v) is 19.2. The summed E-state index contributed by atoms with van der Waals surface area (Å²) in [5.41, 5.74) is 3.49. The predicted octanol–water partition coefficient (Wildman–Crippen LogP) is 4.52. The summed E-state index contributed by atoms with van der Waals surface area (Å²) in [6.45, 7) is 0. The fraction of sp³-hybridized carbons (Fsp3) is 0.100. The predicted molar refractivity (Wildman–Crippen MR) is 121 cm³/mol. The average molecular weight is 499 g/mol. The summed E-state index contributed by atoms with van der Waals surface area (Å²) in [7, 11) is -2.66. The van der Waals surface area contributed by atoms with Crippen LogP contribution in [0.15, 0.2) is 64.6 Å². The Kier molecular flexibility index (Phi) is 7.55. The second kappa shape index (κ2) is 10.1. The number of rotatable bonds is 8. The van der Waals surface area contributed by atoms with Gasteiger partial charge in [0.05, 0.1) is 24.1 Å². The number of hydrogen-bond acceptors (Lipinski definition) is 7. The number of amides is 1. The van der Waals surface area contributed by atoms with Crippen LogP contribution >= 0.6 is 34.5 Å². The SMILES string of the molecule is COc1cccc(CC(=O)N/N=C/c2ccccc2OS(=O)(=O)c2cc(Cl)sc2Cl)c1. The lowest BCUT2D eigenvalue weighted by atomic mass is 10.1. The highest BCUT2D eigenvalue weighted by atomic mass is 35.5. The number of carbonyl (C=O) groups excluding carboxylic acids is 1. The fourth-order valence-corrected chi connectivity index (χ4v) is 5.56. The molecule has 0 bridgehead atoms. The van der Waals surface area contributed by atoms with Crippen molar-refractivity contribution in [2.45, 2.75) is 11.3 Å². The highest BCUT2D eigenvalue weighted by molar-refractivity contribution is 7.87.